The van der Waals surface area contributed by atoms with Crippen molar-refractivity contribution in [3.63, 3.8) is 0 Å². The molecule has 5 heteroatoms. The van der Waals surface area contributed by atoms with E-state index in [1.807, 2.05) is 24.3 Å². The van der Waals surface area contributed by atoms with E-state index in [0.29, 0.717) is 18.5 Å². The van der Waals surface area contributed by atoms with Gasteiger partial charge in [-0.1, -0.05) is 94.4 Å². The Kier molecular flexibility index (Phi) is 6.66. The minimum atomic E-state index is 0.270. The molecule has 214 valence electrons. The Morgan fingerprint density at radius 2 is 1.23 bits per heavy atom. The van der Waals surface area contributed by atoms with Gasteiger partial charge in [0.15, 0.2) is 0 Å². The first-order chi connectivity index (χ1) is 20.9. The van der Waals surface area contributed by atoms with Crippen molar-refractivity contribution in [1.29, 1.82) is 0 Å². The molecule has 0 bridgehead atoms. The average molecular weight is 565 g/mol. The molecule has 5 nitrogen and oxygen atoms in total. The zero-order chi connectivity index (χ0) is 29.7. The largest absolute Gasteiger partial charge is 0.506 e. The summed E-state index contributed by atoms with van der Waals surface area (Å²) in [7, 11) is 0. The maximum absolute atomic E-state index is 10.7. The van der Waals surface area contributed by atoms with E-state index < -0.39 is 0 Å². The molecule has 2 heterocycles. The van der Waals surface area contributed by atoms with Crippen LogP contribution < -0.4 is 9.80 Å². The normalized spacial score (nSPS) is 13.0. The number of rotatable bonds is 6. The van der Waals surface area contributed by atoms with Crippen molar-refractivity contribution in [2.45, 2.75) is 39.5 Å². The molecule has 0 saturated carbocycles. The van der Waals surface area contributed by atoms with Gasteiger partial charge in [0, 0.05) is 11.3 Å². The van der Waals surface area contributed by atoms with E-state index in [1.165, 1.54) is 16.8 Å². The molecule has 1 N–H and O–H groups in total. The van der Waals surface area contributed by atoms with Crippen molar-refractivity contribution in [3.8, 4) is 22.8 Å². The standard InChI is InChI=1S/C38H36N4O/c1-25(2)29-15-12-16-30(26(3)4)37(29)42-32-18-6-5-17-31(32)39-38(42)27-13-11-14-28(23-27)40-24-41(34-20-8-7-19-33(34)40)35-21-9-10-22-36(35)43/h5-23,25-26,43H,24H2,1-4H3. The van der Waals surface area contributed by atoms with Crippen LogP contribution in [0.5, 0.6) is 5.75 Å². The van der Waals surface area contributed by atoms with Gasteiger partial charge in [0.1, 0.15) is 18.2 Å². The number of hydrogen-bond acceptors (Lipinski definition) is 4. The second kappa shape index (κ2) is 10.7. The number of para-hydroxylation sites is 7. The summed E-state index contributed by atoms with van der Waals surface area (Å²) < 4.78 is 2.38. The van der Waals surface area contributed by atoms with Gasteiger partial charge in [0.05, 0.1) is 33.8 Å². The Morgan fingerprint density at radius 1 is 0.628 bits per heavy atom. The molecule has 0 amide bonds. The van der Waals surface area contributed by atoms with Crippen LogP contribution in [-0.4, -0.2) is 21.3 Å². The zero-order valence-corrected chi connectivity index (χ0v) is 25.1. The van der Waals surface area contributed by atoms with E-state index in [-0.39, 0.29) is 5.75 Å². The van der Waals surface area contributed by atoms with Crippen LogP contribution in [0.4, 0.5) is 22.7 Å². The number of phenolic OH excluding ortho intramolecular Hbond substituents is 1. The molecular weight excluding hydrogens is 528 g/mol. The molecule has 0 radical (unpaired) electrons. The maximum Gasteiger partial charge on any atom is 0.145 e. The number of anilines is 4. The van der Waals surface area contributed by atoms with Gasteiger partial charge in [0.2, 0.25) is 0 Å². The Morgan fingerprint density at radius 3 is 1.93 bits per heavy atom. The Balaban J connectivity index is 1.40. The topological polar surface area (TPSA) is 44.5 Å². The molecule has 0 fully saturated rings. The van der Waals surface area contributed by atoms with Crippen molar-refractivity contribution in [2.75, 3.05) is 16.5 Å². The number of fused-ring (bicyclic) bond motifs is 2. The Hall–Kier alpha value is -5.03. The van der Waals surface area contributed by atoms with Gasteiger partial charge in [-0.25, -0.2) is 4.98 Å². The van der Waals surface area contributed by atoms with Gasteiger partial charge >= 0.3 is 0 Å². The summed E-state index contributed by atoms with van der Waals surface area (Å²) >= 11 is 0. The summed E-state index contributed by atoms with van der Waals surface area (Å²) in [6.07, 6.45) is 0. The van der Waals surface area contributed by atoms with Crippen LogP contribution in [0.1, 0.15) is 50.7 Å². The second-order valence-electron chi connectivity index (χ2n) is 11.9. The highest BCUT2D eigenvalue weighted by atomic mass is 16.3. The molecule has 1 aliphatic heterocycles. The Labute approximate surface area is 253 Å². The van der Waals surface area contributed by atoms with E-state index in [0.717, 1.165) is 45.2 Å². The predicted molar refractivity (Wildman–Crippen MR) is 178 cm³/mol. The third-order valence-electron chi connectivity index (χ3n) is 8.46. The number of benzene rings is 5. The minimum Gasteiger partial charge on any atom is -0.506 e. The summed E-state index contributed by atoms with van der Waals surface area (Å²) in [5, 5.41) is 10.7. The second-order valence-corrected chi connectivity index (χ2v) is 11.9. The van der Waals surface area contributed by atoms with Crippen molar-refractivity contribution in [2.24, 2.45) is 0 Å². The van der Waals surface area contributed by atoms with Crippen LogP contribution in [0.3, 0.4) is 0 Å². The van der Waals surface area contributed by atoms with E-state index >= 15 is 0 Å². The van der Waals surface area contributed by atoms with Gasteiger partial charge in [0.25, 0.3) is 0 Å². The number of aromatic nitrogens is 2. The summed E-state index contributed by atoms with van der Waals surface area (Å²) in [5.41, 5.74) is 11.0. The van der Waals surface area contributed by atoms with Crippen LogP contribution >= 0.6 is 0 Å². The highest BCUT2D eigenvalue weighted by Crippen LogP contribution is 2.47. The van der Waals surface area contributed by atoms with Crippen molar-refractivity contribution in [1.82, 2.24) is 9.55 Å². The molecule has 1 aliphatic rings. The first-order valence-electron chi connectivity index (χ1n) is 15.1. The van der Waals surface area contributed by atoms with E-state index in [2.05, 4.69) is 127 Å². The highest BCUT2D eigenvalue weighted by molar-refractivity contribution is 5.90. The molecule has 0 aliphatic carbocycles. The van der Waals surface area contributed by atoms with Crippen molar-refractivity contribution < 1.29 is 5.11 Å². The first kappa shape index (κ1) is 26.8. The van der Waals surface area contributed by atoms with Crippen LogP contribution in [0, 0.1) is 0 Å². The molecule has 0 spiro atoms. The number of aromatic hydroxyl groups is 1. The fourth-order valence-electron chi connectivity index (χ4n) is 6.36. The zero-order valence-electron chi connectivity index (χ0n) is 25.1. The predicted octanol–water partition coefficient (Wildman–Crippen LogP) is 9.89. The summed E-state index contributed by atoms with van der Waals surface area (Å²) in [4.78, 5) is 9.72. The van der Waals surface area contributed by atoms with Crippen LogP contribution in [0.2, 0.25) is 0 Å². The van der Waals surface area contributed by atoms with Gasteiger partial charge in [-0.2, -0.15) is 0 Å². The molecule has 6 aromatic rings. The third-order valence-corrected chi connectivity index (χ3v) is 8.46. The van der Waals surface area contributed by atoms with E-state index in [9.17, 15) is 5.11 Å². The average Bonchev–Trinajstić information content (AvgIpc) is 3.60. The fourth-order valence-corrected chi connectivity index (χ4v) is 6.36. The van der Waals surface area contributed by atoms with Crippen molar-refractivity contribution in [3.05, 3.63) is 126 Å². The number of hydrogen-bond donors (Lipinski definition) is 1. The third kappa shape index (κ3) is 4.52. The van der Waals surface area contributed by atoms with Gasteiger partial charge in [-0.3, -0.25) is 4.57 Å². The fraction of sp³-hybridized carbons (Fsp3) is 0.184. The number of phenols is 1. The Bertz CT molecular complexity index is 1930. The molecule has 0 atom stereocenters. The van der Waals surface area contributed by atoms with Crippen LogP contribution in [-0.2, 0) is 0 Å². The lowest BCUT2D eigenvalue weighted by Crippen LogP contribution is -2.24. The van der Waals surface area contributed by atoms with Gasteiger partial charge in [-0.15, -0.1) is 0 Å². The molecule has 43 heavy (non-hydrogen) atoms. The molecule has 5 aromatic carbocycles. The SMILES string of the molecule is CC(C)c1cccc(C(C)C)c1-n1c(-c2cccc(N3CN(c4ccccc4O)c4ccccc43)c2)nc2ccccc21. The lowest BCUT2D eigenvalue weighted by Gasteiger charge is -2.24. The quantitative estimate of drug-likeness (QED) is 0.219. The number of nitrogens with zero attached hydrogens (tertiary/aromatic N) is 4. The molecule has 0 saturated heterocycles. The molecule has 0 unspecified atom stereocenters. The monoisotopic (exact) mass is 564 g/mol. The van der Waals surface area contributed by atoms with Crippen LogP contribution in [0.25, 0.3) is 28.1 Å². The summed E-state index contributed by atoms with van der Waals surface area (Å²) in [6.45, 7) is 9.66. The van der Waals surface area contributed by atoms with E-state index in [1.54, 1.807) is 6.07 Å². The van der Waals surface area contributed by atoms with Gasteiger partial charge < -0.3 is 14.9 Å². The van der Waals surface area contributed by atoms with Crippen molar-refractivity contribution >= 4 is 33.8 Å². The van der Waals surface area contributed by atoms with Gasteiger partial charge in [-0.05, 0) is 71.5 Å². The first-order valence-corrected chi connectivity index (χ1v) is 15.1. The highest BCUT2D eigenvalue weighted by Gasteiger charge is 2.29. The lowest BCUT2D eigenvalue weighted by molar-refractivity contribution is 0.476. The molecule has 1 aromatic heterocycles. The van der Waals surface area contributed by atoms with Crippen LogP contribution in [0.15, 0.2) is 115 Å². The lowest BCUT2D eigenvalue weighted by atomic mass is 9.92. The smallest absolute Gasteiger partial charge is 0.145 e. The summed E-state index contributed by atoms with van der Waals surface area (Å²) in [6, 6.07) is 39.7. The maximum atomic E-state index is 10.7. The minimum absolute atomic E-state index is 0.270. The molecular formula is C38H36N4O. The molecule has 7 rings (SSSR count). The summed E-state index contributed by atoms with van der Waals surface area (Å²) in [5.74, 6) is 1.92. The number of imidazole rings is 1. The van der Waals surface area contributed by atoms with E-state index in [4.69, 9.17) is 4.98 Å².